The third kappa shape index (κ3) is 3.30. The topological polar surface area (TPSA) is 30.2 Å². The molecule has 8 rings (SSSR count). The molecular formula is C36H23N3. The summed E-state index contributed by atoms with van der Waals surface area (Å²) in [5.74, 6) is 0. The first-order chi connectivity index (χ1) is 19.3. The number of pyridine rings is 3. The van der Waals surface area contributed by atoms with Crippen molar-refractivity contribution in [3.8, 4) is 33.6 Å². The van der Waals surface area contributed by atoms with E-state index < -0.39 is 0 Å². The van der Waals surface area contributed by atoms with Crippen LogP contribution in [0.2, 0.25) is 0 Å². The molecule has 0 N–H and O–H groups in total. The number of benzene rings is 4. The van der Waals surface area contributed by atoms with Crippen molar-refractivity contribution in [2.75, 3.05) is 0 Å². The van der Waals surface area contributed by atoms with Gasteiger partial charge >= 0.3 is 0 Å². The second-order valence-electron chi connectivity index (χ2n) is 9.97. The summed E-state index contributed by atoms with van der Waals surface area (Å²) in [5.41, 5.74) is 9.69. The number of hydrogen-bond donors (Lipinski definition) is 0. The Balaban J connectivity index is 1.42. The number of aromatic nitrogens is 3. The molecule has 0 aliphatic carbocycles. The molecule has 4 aromatic carbocycles. The third-order valence-electron chi connectivity index (χ3n) is 7.74. The number of nitrogens with zero attached hydrogens (tertiary/aromatic N) is 3. The van der Waals surface area contributed by atoms with Crippen LogP contribution < -0.4 is 5.35 Å². The highest BCUT2D eigenvalue weighted by Crippen LogP contribution is 2.36. The fraction of sp³-hybridized carbons (Fsp3) is 0. The molecule has 0 radical (unpaired) electrons. The Kier molecular flexibility index (Phi) is 4.67. The van der Waals surface area contributed by atoms with Crippen molar-refractivity contribution in [1.29, 1.82) is 0 Å². The quantitative estimate of drug-likeness (QED) is 0.230. The SMILES string of the molecule is C=c1c2ccccc2c2nccc3c4cc(-c5cc(-c6ccccc6)nc(-c6ccccc6)c5)ccc4n1c32. The van der Waals surface area contributed by atoms with E-state index in [0.717, 1.165) is 66.3 Å². The van der Waals surface area contributed by atoms with Crippen molar-refractivity contribution in [3.63, 3.8) is 0 Å². The minimum Gasteiger partial charge on any atom is -0.307 e. The summed E-state index contributed by atoms with van der Waals surface area (Å²) in [5, 5.41) is 5.63. The van der Waals surface area contributed by atoms with Gasteiger partial charge in [0.2, 0.25) is 0 Å². The smallest absolute Gasteiger partial charge is 0.0955 e. The Morgan fingerprint density at radius 2 is 1.15 bits per heavy atom. The van der Waals surface area contributed by atoms with Gasteiger partial charge in [0.1, 0.15) is 0 Å². The third-order valence-corrected chi connectivity index (χ3v) is 7.74. The maximum absolute atomic E-state index is 5.06. The van der Waals surface area contributed by atoms with E-state index in [9.17, 15) is 0 Å². The molecular weight excluding hydrogens is 474 g/mol. The van der Waals surface area contributed by atoms with Crippen LogP contribution in [0.3, 0.4) is 0 Å². The maximum Gasteiger partial charge on any atom is 0.0955 e. The Bertz CT molecular complexity index is 2170. The molecule has 0 unspecified atom stereocenters. The van der Waals surface area contributed by atoms with E-state index in [1.165, 1.54) is 10.8 Å². The Labute approximate surface area is 225 Å². The summed E-state index contributed by atoms with van der Waals surface area (Å²) in [6.07, 6.45) is 1.92. The van der Waals surface area contributed by atoms with Gasteiger partial charge in [0.25, 0.3) is 0 Å². The summed E-state index contributed by atoms with van der Waals surface area (Å²) in [7, 11) is 0. The van der Waals surface area contributed by atoms with E-state index in [4.69, 9.17) is 9.97 Å². The lowest BCUT2D eigenvalue weighted by Crippen LogP contribution is -2.12. The largest absolute Gasteiger partial charge is 0.307 e. The monoisotopic (exact) mass is 497 g/mol. The van der Waals surface area contributed by atoms with E-state index in [-0.39, 0.29) is 0 Å². The molecule has 0 spiro atoms. The molecule has 0 fully saturated rings. The molecule has 0 amide bonds. The highest BCUT2D eigenvalue weighted by Gasteiger charge is 2.17. The van der Waals surface area contributed by atoms with Crippen molar-refractivity contribution < 1.29 is 0 Å². The summed E-state index contributed by atoms with van der Waals surface area (Å²) in [4.78, 5) is 9.87. The van der Waals surface area contributed by atoms with Crippen LogP contribution in [0.15, 0.2) is 128 Å². The maximum atomic E-state index is 5.06. The van der Waals surface area contributed by atoms with Gasteiger partial charge < -0.3 is 4.40 Å². The second-order valence-corrected chi connectivity index (χ2v) is 9.97. The zero-order chi connectivity index (χ0) is 25.9. The Hall–Kier alpha value is -5.28. The van der Waals surface area contributed by atoms with Crippen LogP contribution in [0.25, 0.3) is 78.3 Å². The van der Waals surface area contributed by atoms with Gasteiger partial charge in [-0.3, -0.25) is 4.98 Å². The first kappa shape index (κ1) is 21.8. The summed E-state index contributed by atoms with van der Waals surface area (Å²) in [6, 6.07) is 42.5. The lowest BCUT2D eigenvalue weighted by molar-refractivity contribution is 1.22. The molecule has 0 saturated carbocycles. The molecule has 0 bridgehead atoms. The highest BCUT2D eigenvalue weighted by atomic mass is 14.9. The average Bonchev–Trinajstić information content (AvgIpc) is 3.35. The zero-order valence-electron chi connectivity index (χ0n) is 21.2. The van der Waals surface area contributed by atoms with Crippen molar-refractivity contribution >= 4 is 44.7 Å². The van der Waals surface area contributed by atoms with E-state index in [0.29, 0.717) is 0 Å². The molecule has 8 aromatic rings. The van der Waals surface area contributed by atoms with Gasteiger partial charge in [0.05, 0.1) is 27.9 Å². The van der Waals surface area contributed by atoms with Gasteiger partial charge in [-0.15, -0.1) is 0 Å². The Morgan fingerprint density at radius 1 is 0.513 bits per heavy atom. The number of hydrogen-bond acceptors (Lipinski definition) is 2. The van der Waals surface area contributed by atoms with Crippen molar-refractivity contribution in [2.24, 2.45) is 0 Å². The molecule has 0 aliphatic heterocycles. The highest BCUT2D eigenvalue weighted by molar-refractivity contribution is 6.19. The van der Waals surface area contributed by atoms with Crippen molar-refractivity contribution in [2.45, 2.75) is 0 Å². The van der Waals surface area contributed by atoms with Crippen LogP contribution in [0.5, 0.6) is 0 Å². The fourth-order valence-corrected chi connectivity index (χ4v) is 5.89. The number of rotatable bonds is 3. The van der Waals surface area contributed by atoms with Gasteiger partial charge in [0.15, 0.2) is 0 Å². The minimum atomic E-state index is 0.961. The molecule has 4 heterocycles. The molecule has 182 valence electrons. The summed E-state index contributed by atoms with van der Waals surface area (Å²) < 4.78 is 2.27. The molecule has 4 aromatic heterocycles. The average molecular weight is 498 g/mol. The van der Waals surface area contributed by atoms with Crippen LogP contribution in [-0.2, 0) is 0 Å². The lowest BCUT2D eigenvalue weighted by atomic mass is 9.98. The van der Waals surface area contributed by atoms with Crippen molar-refractivity contribution in [1.82, 2.24) is 14.4 Å². The first-order valence-corrected chi connectivity index (χ1v) is 13.1. The molecule has 3 heteroatoms. The van der Waals surface area contributed by atoms with Gasteiger partial charge in [-0.05, 0) is 41.5 Å². The molecule has 0 saturated heterocycles. The zero-order valence-corrected chi connectivity index (χ0v) is 21.2. The number of fused-ring (bicyclic) bond motifs is 5. The summed E-state index contributed by atoms with van der Waals surface area (Å²) in [6.45, 7) is 4.50. The minimum absolute atomic E-state index is 0.961. The van der Waals surface area contributed by atoms with Crippen molar-refractivity contribution in [3.05, 3.63) is 133 Å². The molecule has 0 atom stereocenters. The standard InChI is InChI=1S/C36H23N3/c1-23-28-14-8-9-15-29(28)35-36-30(18-19-37-35)31-20-26(16-17-34(31)39(23)36)27-21-32(24-10-4-2-5-11-24)38-33(22-27)25-12-6-3-7-13-25/h2-22H,1H2. The van der Waals surface area contributed by atoms with E-state index in [1.54, 1.807) is 0 Å². The normalized spacial score (nSPS) is 11.7. The van der Waals surface area contributed by atoms with Crippen LogP contribution in [0, 0.1) is 0 Å². The van der Waals surface area contributed by atoms with Crippen LogP contribution in [0.4, 0.5) is 0 Å². The predicted molar refractivity (Wildman–Crippen MR) is 163 cm³/mol. The van der Waals surface area contributed by atoms with E-state index >= 15 is 0 Å². The second kappa shape index (κ2) is 8.37. The first-order valence-electron chi connectivity index (χ1n) is 13.1. The predicted octanol–water partition coefficient (Wildman–Crippen LogP) is 8.32. The van der Waals surface area contributed by atoms with E-state index in [2.05, 4.69) is 120 Å². The van der Waals surface area contributed by atoms with Crippen LogP contribution in [-0.4, -0.2) is 14.4 Å². The van der Waals surface area contributed by atoms with Gasteiger partial charge in [-0.1, -0.05) is 97.6 Å². The molecule has 0 aliphatic rings. The van der Waals surface area contributed by atoms with Gasteiger partial charge in [0, 0.05) is 44.2 Å². The Morgan fingerprint density at radius 3 is 1.85 bits per heavy atom. The fourth-order valence-electron chi connectivity index (χ4n) is 5.89. The summed E-state index contributed by atoms with van der Waals surface area (Å²) >= 11 is 0. The van der Waals surface area contributed by atoms with Gasteiger partial charge in [-0.25, -0.2) is 4.98 Å². The van der Waals surface area contributed by atoms with Crippen LogP contribution in [0.1, 0.15) is 0 Å². The van der Waals surface area contributed by atoms with Gasteiger partial charge in [-0.2, -0.15) is 0 Å². The lowest BCUT2D eigenvalue weighted by Gasteiger charge is -2.11. The van der Waals surface area contributed by atoms with E-state index in [1.807, 2.05) is 18.3 Å². The molecule has 39 heavy (non-hydrogen) atoms. The molecule has 3 nitrogen and oxygen atoms in total. The van der Waals surface area contributed by atoms with Crippen LogP contribution >= 0.6 is 0 Å².